The van der Waals surface area contributed by atoms with Crippen LogP contribution in [0.4, 0.5) is 0 Å². The van der Waals surface area contributed by atoms with E-state index in [0.717, 1.165) is 18.6 Å². The molecule has 2 unspecified atom stereocenters. The maximum Gasteiger partial charge on any atom is 0.226 e. The molecule has 14 heavy (non-hydrogen) atoms. The zero-order chi connectivity index (χ0) is 9.80. The summed E-state index contributed by atoms with van der Waals surface area (Å²) in [5.74, 6) is 0.735. The van der Waals surface area contributed by atoms with Crippen molar-refractivity contribution in [2.75, 3.05) is 6.61 Å². The molecule has 0 radical (unpaired) electrons. The molecule has 3 nitrogen and oxygen atoms in total. The Hall–Kier alpha value is -1.06. The van der Waals surface area contributed by atoms with E-state index in [-0.39, 0.29) is 0 Å². The third-order valence-corrected chi connectivity index (χ3v) is 2.24. The average Bonchev–Trinajstić information content (AvgIpc) is 2.23. The number of rotatable bonds is 2. The fourth-order valence-corrected chi connectivity index (χ4v) is 1.48. The molecule has 1 aromatic rings. The van der Waals surface area contributed by atoms with Crippen LogP contribution in [0.5, 0.6) is 5.75 Å². The Balaban J connectivity index is 1.96. The van der Waals surface area contributed by atoms with Gasteiger partial charge in [0.05, 0.1) is 6.61 Å². The van der Waals surface area contributed by atoms with Gasteiger partial charge in [0.2, 0.25) is 6.29 Å². The molecule has 1 aliphatic heterocycles. The minimum Gasteiger partial charge on any atom is -0.462 e. The van der Waals surface area contributed by atoms with Gasteiger partial charge in [0, 0.05) is 0 Å². The van der Waals surface area contributed by atoms with Gasteiger partial charge in [-0.15, -0.1) is 0 Å². The van der Waals surface area contributed by atoms with Crippen molar-refractivity contribution in [3.05, 3.63) is 30.3 Å². The van der Waals surface area contributed by atoms with E-state index in [9.17, 15) is 5.11 Å². The summed E-state index contributed by atoms with van der Waals surface area (Å²) in [5, 5.41) is 9.58. The fraction of sp³-hybridized carbons (Fsp3) is 0.455. The van der Waals surface area contributed by atoms with Crippen molar-refractivity contribution in [3.8, 4) is 5.75 Å². The van der Waals surface area contributed by atoms with Crippen LogP contribution in [0.15, 0.2) is 30.3 Å². The van der Waals surface area contributed by atoms with Crippen LogP contribution in [0.2, 0.25) is 0 Å². The van der Waals surface area contributed by atoms with Gasteiger partial charge in [-0.25, -0.2) is 0 Å². The Morgan fingerprint density at radius 1 is 1.29 bits per heavy atom. The molecule has 0 spiro atoms. The molecule has 0 amide bonds. The lowest BCUT2D eigenvalue weighted by molar-refractivity contribution is -0.170. The molecular formula is C11H14O3. The van der Waals surface area contributed by atoms with Gasteiger partial charge in [0.25, 0.3) is 0 Å². The second-order valence-corrected chi connectivity index (χ2v) is 3.38. The summed E-state index contributed by atoms with van der Waals surface area (Å²) in [7, 11) is 0. The number of para-hydroxylation sites is 1. The van der Waals surface area contributed by atoms with E-state index in [1.807, 2.05) is 30.3 Å². The van der Waals surface area contributed by atoms with Gasteiger partial charge in [-0.1, -0.05) is 18.2 Å². The van der Waals surface area contributed by atoms with Crippen LogP contribution >= 0.6 is 0 Å². The van der Waals surface area contributed by atoms with Crippen LogP contribution in [-0.2, 0) is 4.74 Å². The van der Waals surface area contributed by atoms with Crippen molar-refractivity contribution in [2.24, 2.45) is 0 Å². The third kappa shape index (κ3) is 2.25. The zero-order valence-electron chi connectivity index (χ0n) is 7.93. The highest BCUT2D eigenvalue weighted by atomic mass is 16.7. The summed E-state index contributed by atoms with van der Waals surface area (Å²) in [5.41, 5.74) is 0. The lowest BCUT2D eigenvalue weighted by Gasteiger charge is -2.28. The number of hydrogen-bond acceptors (Lipinski definition) is 3. The van der Waals surface area contributed by atoms with Crippen molar-refractivity contribution in [2.45, 2.75) is 25.2 Å². The summed E-state index contributed by atoms with van der Waals surface area (Å²) < 4.78 is 10.8. The highest BCUT2D eigenvalue weighted by Gasteiger charge is 2.25. The molecule has 0 aromatic heterocycles. The van der Waals surface area contributed by atoms with Crippen LogP contribution in [0, 0.1) is 0 Å². The molecule has 1 aliphatic rings. The molecule has 2 atom stereocenters. The molecule has 1 aromatic carbocycles. The fourth-order valence-electron chi connectivity index (χ4n) is 1.48. The predicted molar refractivity (Wildman–Crippen MR) is 52.1 cm³/mol. The highest BCUT2D eigenvalue weighted by molar-refractivity contribution is 5.21. The number of ether oxygens (including phenoxy) is 2. The van der Waals surface area contributed by atoms with Gasteiger partial charge < -0.3 is 14.6 Å². The van der Waals surface area contributed by atoms with E-state index in [0.29, 0.717) is 6.61 Å². The van der Waals surface area contributed by atoms with Crippen molar-refractivity contribution in [1.82, 2.24) is 0 Å². The van der Waals surface area contributed by atoms with Gasteiger partial charge in [-0.2, -0.15) is 0 Å². The third-order valence-electron chi connectivity index (χ3n) is 2.24. The van der Waals surface area contributed by atoms with Gasteiger partial charge in [-0.05, 0) is 25.0 Å². The SMILES string of the molecule is OC1CCCOC1Oc1ccccc1. The first-order valence-electron chi connectivity index (χ1n) is 4.87. The summed E-state index contributed by atoms with van der Waals surface area (Å²) >= 11 is 0. The number of benzene rings is 1. The van der Waals surface area contributed by atoms with Crippen molar-refractivity contribution in [1.29, 1.82) is 0 Å². The minimum absolute atomic E-state index is 0.508. The lowest BCUT2D eigenvalue weighted by Crippen LogP contribution is -2.38. The number of hydrogen-bond donors (Lipinski definition) is 1. The first kappa shape index (κ1) is 9.49. The van der Waals surface area contributed by atoms with E-state index in [2.05, 4.69) is 0 Å². The Bertz CT molecular complexity index is 273. The minimum atomic E-state index is -0.510. The van der Waals surface area contributed by atoms with E-state index in [4.69, 9.17) is 9.47 Å². The van der Waals surface area contributed by atoms with Gasteiger partial charge >= 0.3 is 0 Å². The lowest BCUT2D eigenvalue weighted by atomic mass is 10.1. The molecule has 0 saturated carbocycles. The number of aliphatic hydroxyl groups is 1. The molecule has 1 N–H and O–H groups in total. The molecule has 1 fully saturated rings. The van der Waals surface area contributed by atoms with Crippen molar-refractivity contribution >= 4 is 0 Å². The molecular weight excluding hydrogens is 180 g/mol. The summed E-state index contributed by atoms with van der Waals surface area (Å²) in [4.78, 5) is 0. The van der Waals surface area contributed by atoms with Crippen LogP contribution in [0.3, 0.4) is 0 Å². The first-order chi connectivity index (χ1) is 6.86. The number of aliphatic hydroxyl groups excluding tert-OH is 1. The van der Waals surface area contributed by atoms with E-state index in [1.165, 1.54) is 0 Å². The molecule has 2 rings (SSSR count). The Kier molecular flexibility index (Phi) is 3.01. The van der Waals surface area contributed by atoms with E-state index in [1.54, 1.807) is 0 Å². The first-order valence-corrected chi connectivity index (χ1v) is 4.87. The molecule has 3 heteroatoms. The Morgan fingerprint density at radius 2 is 2.07 bits per heavy atom. The van der Waals surface area contributed by atoms with Crippen LogP contribution in [0.1, 0.15) is 12.8 Å². The van der Waals surface area contributed by atoms with Crippen LogP contribution in [-0.4, -0.2) is 24.1 Å². The Labute approximate surface area is 83.3 Å². The standard InChI is InChI=1S/C11H14O3/c12-10-7-4-8-13-11(10)14-9-5-2-1-3-6-9/h1-3,5-6,10-12H,4,7-8H2. The van der Waals surface area contributed by atoms with Gasteiger partial charge in [0.1, 0.15) is 11.9 Å². The summed E-state index contributed by atoms with van der Waals surface area (Å²) in [6.07, 6.45) is 0.628. The second kappa shape index (κ2) is 4.44. The van der Waals surface area contributed by atoms with E-state index >= 15 is 0 Å². The monoisotopic (exact) mass is 194 g/mol. The summed E-state index contributed by atoms with van der Waals surface area (Å²) in [6, 6.07) is 9.41. The zero-order valence-corrected chi connectivity index (χ0v) is 7.93. The summed E-state index contributed by atoms with van der Waals surface area (Å²) in [6.45, 7) is 0.661. The van der Waals surface area contributed by atoms with Crippen LogP contribution in [0.25, 0.3) is 0 Å². The quantitative estimate of drug-likeness (QED) is 0.776. The molecule has 0 aliphatic carbocycles. The maximum absolute atomic E-state index is 9.58. The largest absolute Gasteiger partial charge is 0.462 e. The highest BCUT2D eigenvalue weighted by Crippen LogP contribution is 2.18. The smallest absolute Gasteiger partial charge is 0.226 e. The van der Waals surface area contributed by atoms with Gasteiger partial charge in [0.15, 0.2) is 0 Å². The van der Waals surface area contributed by atoms with Gasteiger partial charge in [-0.3, -0.25) is 0 Å². The molecule has 1 saturated heterocycles. The van der Waals surface area contributed by atoms with Crippen molar-refractivity contribution in [3.63, 3.8) is 0 Å². The molecule has 0 bridgehead atoms. The normalized spacial score (nSPS) is 27.2. The predicted octanol–water partition coefficient (Wildman–Crippen LogP) is 1.56. The molecule has 76 valence electrons. The maximum atomic E-state index is 9.58. The van der Waals surface area contributed by atoms with Crippen molar-refractivity contribution < 1.29 is 14.6 Å². The average molecular weight is 194 g/mol. The van der Waals surface area contributed by atoms with E-state index < -0.39 is 12.4 Å². The topological polar surface area (TPSA) is 38.7 Å². The van der Waals surface area contributed by atoms with Crippen LogP contribution < -0.4 is 4.74 Å². The molecule has 1 heterocycles. The second-order valence-electron chi connectivity index (χ2n) is 3.38. The Morgan fingerprint density at radius 3 is 2.79 bits per heavy atom.